The summed E-state index contributed by atoms with van der Waals surface area (Å²) >= 11 is 5.40. The molecule has 0 N–H and O–H groups in total. The molecule has 1 unspecified atom stereocenters. The first-order valence-corrected chi connectivity index (χ1v) is 6.49. The van der Waals surface area contributed by atoms with Gasteiger partial charge in [-0.05, 0) is 35.4 Å². The SMILES string of the molecule is COc1ccc2cc(C(C)C(=O)OCCl)ccc2c1. The Morgan fingerprint density at radius 3 is 2.58 bits per heavy atom. The number of rotatable bonds is 4. The number of hydrogen-bond acceptors (Lipinski definition) is 3. The van der Waals surface area contributed by atoms with Gasteiger partial charge >= 0.3 is 5.97 Å². The number of ether oxygens (including phenoxy) is 2. The quantitative estimate of drug-likeness (QED) is 0.632. The molecule has 0 aromatic heterocycles. The van der Waals surface area contributed by atoms with Gasteiger partial charge in [0.25, 0.3) is 0 Å². The number of esters is 1. The molecule has 2 aromatic rings. The monoisotopic (exact) mass is 278 g/mol. The predicted molar refractivity (Wildman–Crippen MR) is 75.7 cm³/mol. The minimum atomic E-state index is -0.328. The van der Waals surface area contributed by atoms with Gasteiger partial charge in [0, 0.05) is 0 Å². The van der Waals surface area contributed by atoms with E-state index in [-0.39, 0.29) is 18.0 Å². The van der Waals surface area contributed by atoms with E-state index in [2.05, 4.69) is 0 Å². The van der Waals surface area contributed by atoms with E-state index >= 15 is 0 Å². The lowest BCUT2D eigenvalue weighted by Gasteiger charge is -2.11. The lowest BCUT2D eigenvalue weighted by Crippen LogP contribution is -2.12. The normalized spacial score (nSPS) is 12.2. The summed E-state index contributed by atoms with van der Waals surface area (Å²) in [4.78, 5) is 11.7. The number of halogens is 1. The Morgan fingerprint density at radius 2 is 1.89 bits per heavy atom. The van der Waals surface area contributed by atoms with Crippen LogP contribution in [-0.2, 0) is 9.53 Å². The van der Waals surface area contributed by atoms with Gasteiger partial charge in [0.05, 0.1) is 13.0 Å². The molecular weight excluding hydrogens is 264 g/mol. The fraction of sp³-hybridized carbons (Fsp3) is 0.267. The third kappa shape index (κ3) is 2.99. The zero-order valence-electron chi connectivity index (χ0n) is 10.9. The van der Waals surface area contributed by atoms with Gasteiger partial charge < -0.3 is 9.47 Å². The van der Waals surface area contributed by atoms with Crippen molar-refractivity contribution in [2.75, 3.05) is 13.2 Å². The van der Waals surface area contributed by atoms with E-state index in [4.69, 9.17) is 21.1 Å². The second kappa shape index (κ2) is 5.93. The molecule has 0 radical (unpaired) electrons. The summed E-state index contributed by atoms with van der Waals surface area (Å²) < 4.78 is 9.99. The first kappa shape index (κ1) is 13.7. The fourth-order valence-corrected chi connectivity index (χ4v) is 2.06. The molecule has 0 saturated carbocycles. The molecule has 2 rings (SSSR count). The van der Waals surface area contributed by atoms with Gasteiger partial charge in [-0.15, -0.1) is 0 Å². The second-order valence-electron chi connectivity index (χ2n) is 4.27. The van der Waals surface area contributed by atoms with Crippen LogP contribution in [-0.4, -0.2) is 19.1 Å². The van der Waals surface area contributed by atoms with Crippen molar-refractivity contribution in [1.29, 1.82) is 0 Å². The number of fused-ring (bicyclic) bond motifs is 1. The van der Waals surface area contributed by atoms with Crippen LogP contribution in [0.4, 0.5) is 0 Å². The van der Waals surface area contributed by atoms with Gasteiger partial charge in [0.2, 0.25) is 0 Å². The standard InChI is InChI=1S/C15H15ClO3/c1-10(15(17)19-9-16)11-3-4-13-8-14(18-2)6-5-12(13)7-11/h3-8,10H,9H2,1-2H3. The summed E-state index contributed by atoms with van der Waals surface area (Å²) in [6.07, 6.45) is 0. The maximum Gasteiger partial charge on any atom is 0.314 e. The van der Waals surface area contributed by atoms with Crippen LogP contribution in [0.5, 0.6) is 5.75 Å². The number of methoxy groups -OCH3 is 1. The molecule has 0 aliphatic rings. The van der Waals surface area contributed by atoms with Crippen molar-refractivity contribution in [3.05, 3.63) is 42.0 Å². The number of carbonyl (C=O) groups is 1. The highest BCUT2D eigenvalue weighted by atomic mass is 35.5. The highest BCUT2D eigenvalue weighted by Crippen LogP contribution is 2.25. The average molecular weight is 279 g/mol. The molecule has 2 aromatic carbocycles. The molecule has 0 fully saturated rings. The van der Waals surface area contributed by atoms with Crippen molar-refractivity contribution in [3.8, 4) is 5.75 Å². The van der Waals surface area contributed by atoms with Crippen LogP contribution in [0.25, 0.3) is 10.8 Å². The van der Waals surface area contributed by atoms with Crippen molar-refractivity contribution < 1.29 is 14.3 Å². The van der Waals surface area contributed by atoms with E-state index in [9.17, 15) is 4.79 Å². The Hall–Kier alpha value is -1.74. The molecular formula is C15H15ClO3. The van der Waals surface area contributed by atoms with Crippen LogP contribution in [0.1, 0.15) is 18.4 Å². The van der Waals surface area contributed by atoms with Gasteiger partial charge in [-0.25, -0.2) is 0 Å². The minimum absolute atomic E-state index is 0.117. The van der Waals surface area contributed by atoms with E-state index in [0.717, 1.165) is 22.1 Å². The summed E-state index contributed by atoms with van der Waals surface area (Å²) in [5.74, 6) is 0.169. The smallest absolute Gasteiger partial charge is 0.314 e. The predicted octanol–water partition coefficient (Wildman–Crippen LogP) is 3.69. The van der Waals surface area contributed by atoms with Crippen LogP contribution >= 0.6 is 11.6 Å². The maximum absolute atomic E-state index is 11.7. The zero-order chi connectivity index (χ0) is 13.8. The molecule has 0 amide bonds. The number of hydrogen-bond donors (Lipinski definition) is 0. The van der Waals surface area contributed by atoms with Gasteiger partial charge in [-0.2, -0.15) is 0 Å². The largest absolute Gasteiger partial charge is 0.497 e. The van der Waals surface area contributed by atoms with Crippen molar-refractivity contribution in [2.24, 2.45) is 0 Å². The van der Waals surface area contributed by atoms with Gasteiger partial charge in [0.15, 0.2) is 6.07 Å². The lowest BCUT2D eigenvalue weighted by atomic mass is 9.98. The topological polar surface area (TPSA) is 35.5 Å². The third-order valence-electron chi connectivity index (χ3n) is 3.12. The van der Waals surface area contributed by atoms with Gasteiger partial charge in [0.1, 0.15) is 5.75 Å². The van der Waals surface area contributed by atoms with Gasteiger partial charge in [-0.1, -0.05) is 35.9 Å². The Labute approximate surface area is 117 Å². The zero-order valence-corrected chi connectivity index (χ0v) is 11.6. The molecule has 0 bridgehead atoms. The van der Waals surface area contributed by atoms with E-state index in [1.165, 1.54) is 0 Å². The molecule has 0 aliphatic heterocycles. The van der Waals surface area contributed by atoms with Crippen LogP contribution in [0.2, 0.25) is 0 Å². The summed E-state index contributed by atoms with van der Waals surface area (Å²) in [5.41, 5.74) is 0.910. The van der Waals surface area contributed by atoms with Crippen molar-refractivity contribution in [1.82, 2.24) is 0 Å². The third-order valence-corrected chi connectivity index (χ3v) is 3.23. The first-order chi connectivity index (χ1) is 9.15. The molecule has 0 spiro atoms. The highest BCUT2D eigenvalue weighted by Gasteiger charge is 2.16. The lowest BCUT2D eigenvalue weighted by molar-refractivity contribution is -0.142. The summed E-state index contributed by atoms with van der Waals surface area (Å²) in [6, 6.07) is 11.6. The summed E-state index contributed by atoms with van der Waals surface area (Å²) in [6.45, 7) is 1.81. The Kier molecular flexibility index (Phi) is 4.27. The van der Waals surface area contributed by atoms with E-state index < -0.39 is 0 Å². The van der Waals surface area contributed by atoms with Crippen LogP contribution in [0.15, 0.2) is 36.4 Å². The van der Waals surface area contributed by atoms with E-state index in [1.54, 1.807) is 14.0 Å². The molecule has 0 aliphatic carbocycles. The molecule has 3 nitrogen and oxygen atoms in total. The highest BCUT2D eigenvalue weighted by molar-refractivity contribution is 6.17. The number of alkyl halides is 1. The van der Waals surface area contributed by atoms with Crippen LogP contribution in [0.3, 0.4) is 0 Å². The first-order valence-electron chi connectivity index (χ1n) is 5.96. The second-order valence-corrected chi connectivity index (χ2v) is 4.48. The van der Waals surface area contributed by atoms with Crippen molar-refractivity contribution in [2.45, 2.75) is 12.8 Å². The number of carbonyl (C=O) groups excluding carboxylic acids is 1. The molecule has 1 atom stereocenters. The van der Waals surface area contributed by atoms with Crippen molar-refractivity contribution >= 4 is 28.3 Å². The minimum Gasteiger partial charge on any atom is -0.497 e. The molecule has 19 heavy (non-hydrogen) atoms. The van der Waals surface area contributed by atoms with E-state index in [0.29, 0.717) is 0 Å². The number of benzene rings is 2. The molecule has 0 saturated heterocycles. The van der Waals surface area contributed by atoms with Crippen LogP contribution < -0.4 is 4.74 Å². The van der Waals surface area contributed by atoms with Crippen LogP contribution in [0, 0.1) is 0 Å². The van der Waals surface area contributed by atoms with E-state index in [1.807, 2.05) is 36.4 Å². The molecule has 4 heteroatoms. The maximum atomic E-state index is 11.7. The van der Waals surface area contributed by atoms with Crippen molar-refractivity contribution in [3.63, 3.8) is 0 Å². The summed E-state index contributed by atoms with van der Waals surface area (Å²) in [7, 11) is 1.64. The Balaban J connectivity index is 2.33. The average Bonchev–Trinajstić information content (AvgIpc) is 2.45. The Bertz CT molecular complexity index is 595. The van der Waals surface area contributed by atoms with Gasteiger partial charge in [-0.3, -0.25) is 4.79 Å². The Morgan fingerprint density at radius 1 is 1.21 bits per heavy atom. The molecule has 0 heterocycles. The fourth-order valence-electron chi connectivity index (χ4n) is 1.95. The molecule has 100 valence electrons. The summed E-state index contributed by atoms with van der Waals surface area (Å²) in [5, 5.41) is 2.13.